The van der Waals surface area contributed by atoms with Crippen molar-refractivity contribution < 1.29 is 24.2 Å². The first-order valence-electron chi connectivity index (χ1n) is 10.5. The molecule has 164 valence electrons. The number of amides is 1. The van der Waals surface area contributed by atoms with Crippen LogP contribution in [0.4, 0.5) is 0 Å². The molecule has 1 heterocycles. The molecule has 0 radical (unpaired) electrons. The molecule has 0 aliphatic carbocycles. The van der Waals surface area contributed by atoms with E-state index in [9.17, 15) is 14.7 Å². The molecule has 0 bridgehead atoms. The van der Waals surface area contributed by atoms with E-state index >= 15 is 0 Å². The van der Waals surface area contributed by atoms with Gasteiger partial charge in [-0.25, -0.2) is 0 Å². The van der Waals surface area contributed by atoms with Crippen LogP contribution >= 0.6 is 0 Å². The van der Waals surface area contributed by atoms with Gasteiger partial charge in [0.1, 0.15) is 11.5 Å². The summed E-state index contributed by atoms with van der Waals surface area (Å²) in [5.74, 6) is -0.932. The summed E-state index contributed by atoms with van der Waals surface area (Å²) in [6.07, 6.45) is 1.94. The normalized spacial score (nSPS) is 17.9. The minimum atomic E-state index is -0.698. The number of hydrogen-bond donors (Lipinski definition) is 1. The predicted molar refractivity (Wildman–Crippen MR) is 119 cm³/mol. The molecule has 1 aliphatic rings. The number of aryl methyl sites for hydroxylation is 1. The van der Waals surface area contributed by atoms with Crippen molar-refractivity contribution in [2.45, 2.75) is 32.7 Å². The molecule has 31 heavy (non-hydrogen) atoms. The fourth-order valence-electron chi connectivity index (χ4n) is 3.62. The molecular weight excluding hydrogens is 394 g/mol. The minimum absolute atomic E-state index is 0.0793. The first-order valence-corrected chi connectivity index (χ1v) is 10.5. The Kier molecular flexibility index (Phi) is 7.47. The third-order valence-corrected chi connectivity index (χ3v) is 5.34. The topological polar surface area (TPSA) is 76.1 Å². The van der Waals surface area contributed by atoms with Crippen LogP contribution in [-0.2, 0) is 14.3 Å². The Morgan fingerprint density at radius 2 is 1.84 bits per heavy atom. The molecule has 1 unspecified atom stereocenters. The number of benzene rings is 2. The van der Waals surface area contributed by atoms with Gasteiger partial charge in [-0.3, -0.25) is 9.59 Å². The minimum Gasteiger partial charge on any atom is -0.507 e. The number of methoxy groups -OCH3 is 1. The third kappa shape index (κ3) is 4.97. The van der Waals surface area contributed by atoms with Crippen molar-refractivity contribution in [2.24, 2.45) is 0 Å². The van der Waals surface area contributed by atoms with Crippen LogP contribution in [0.25, 0.3) is 5.76 Å². The number of aliphatic hydroxyl groups excluding tert-OH is 1. The molecule has 3 rings (SSSR count). The second kappa shape index (κ2) is 10.3. The Bertz CT molecular complexity index is 964. The van der Waals surface area contributed by atoms with Gasteiger partial charge in [0.15, 0.2) is 0 Å². The molecule has 1 saturated heterocycles. The van der Waals surface area contributed by atoms with E-state index in [4.69, 9.17) is 9.47 Å². The van der Waals surface area contributed by atoms with Crippen LogP contribution in [0.3, 0.4) is 0 Å². The van der Waals surface area contributed by atoms with Gasteiger partial charge in [-0.15, -0.1) is 0 Å². The van der Waals surface area contributed by atoms with Gasteiger partial charge in [-0.2, -0.15) is 0 Å². The van der Waals surface area contributed by atoms with Crippen molar-refractivity contribution in [3.63, 3.8) is 0 Å². The molecule has 1 N–H and O–H groups in total. The van der Waals surface area contributed by atoms with Crippen LogP contribution in [0.15, 0.2) is 54.1 Å². The highest BCUT2D eigenvalue weighted by atomic mass is 16.5. The number of Topliss-reactive ketones (excluding diaryl/α,β-unsaturated/α-hetero) is 1. The number of unbranched alkanes of at least 4 members (excludes halogenated alkanes) is 1. The number of nitrogens with zero attached hydrogens (tertiary/aromatic N) is 1. The lowest BCUT2D eigenvalue weighted by atomic mass is 9.94. The second-order valence-corrected chi connectivity index (χ2v) is 7.63. The van der Waals surface area contributed by atoms with Crippen LogP contribution in [0, 0.1) is 6.92 Å². The van der Waals surface area contributed by atoms with E-state index in [2.05, 4.69) is 6.92 Å². The molecule has 6 nitrogen and oxygen atoms in total. The van der Waals surface area contributed by atoms with E-state index in [1.54, 1.807) is 31.4 Å². The zero-order chi connectivity index (χ0) is 22.4. The van der Waals surface area contributed by atoms with Crippen LogP contribution < -0.4 is 4.74 Å². The highest BCUT2D eigenvalue weighted by Crippen LogP contribution is 2.39. The van der Waals surface area contributed by atoms with Crippen molar-refractivity contribution >= 4 is 17.4 Å². The fraction of sp³-hybridized carbons (Fsp3) is 0.360. The van der Waals surface area contributed by atoms with Crippen molar-refractivity contribution in [1.82, 2.24) is 4.90 Å². The Morgan fingerprint density at radius 1 is 1.10 bits per heavy atom. The lowest BCUT2D eigenvalue weighted by Gasteiger charge is -2.25. The molecule has 2 aromatic carbocycles. The summed E-state index contributed by atoms with van der Waals surface area (Å²) in [4.78, 5) is 27.2. The summed E-state index contributed by atoms with van der Waals surface area (Å²) in [5.41, 5.74) is 2.35. The zero-order valence-corrected chi connectivity index (χ0v) is 18.3. The summed E-state index contributed by atoms with van der Waals surface area (Å²) in [7, 11) is 1.54. The lowest BCUT2D eigenvalue weighted by Crippen LogP contribution is -2.32. The number of likely N-dealkylation sites (tertiary alicyclic amines) is 1. The van der Waals surface area contributed by atoms with Gasteiger partial charge in [0.05, 0.1) is 24.8 Å². The Balaban J connectivity index is 2.05. The molecule has 1 amide bonds. The maximum Gasteiger partial charge on any atom is 0.295 e. The number of hydrogen-bond acceptors (Lipinski definition) is 5. The Hall–Kier alpha value is -3.12. The molecule has 0 saturated carbocycles. The molecule has 6 heteroatoms. The number of carbonyl (C=O) groups is 2. The van der Waals surface area contributed by atoms with E-state index in [-0.39, 0.29) is 24.5 Å². The number of ketones is 1. The maximum atomic E-state index is 13.0. The predicted octanol–water partition coefficient (Wildman–Crippen LogP) is 4.24. The number of rotatable bonds is 9. The summed E-state index contributed by atoms with van der Waals surface area (Å²) in [6.45, 7) is 5.16. The average Bonchev–Trinajstić information content (AvgIpc) is 3.03. The van der Waals surface area contributed by atoms with Crippen molar-refractivity contribution in [1.29, 1.82) is 0 Å². The van der Waals surface area contributed by atoms with Crippen molar-refractivity contribution in [3.8, 4) is 5.75 Å². The fourth-order valence-corrected chi connectivity index (χ4v) is 3.62. The van der Waals surface area contributed by atoms with E-state index in [0.29, 0.717) is 17.9 Å². The molecule has 0 aromatic heterocycles. The van der Waals surface area contributed by atoms with Crippen LogP contribution in [-0.4, -0.2) is 48.6 Å². The number of carbonyl (C=O) groups excluding carboxylic acids is 2. The molecule has 1 aliphatic heterocycles. The molecule has 2 aromatic rings. The maximum absolute atomic E-state index is 13.0. The van der Waals surface area contributed by atoms with Crippen LogP contribution in [0.1, 0.15) is 42.5 Å². The van der Waals surface area contributed by atoms with Crippen molar-refractivity contribution in [2.75, 3.05) is 26.9 Å². The van der Waals surface area contributed by atoms with Gasteiger partial charge >= 0.3 is 0 Å². The van der Waals surface area contributed by atoms with Gasteiger partial charge < -0.3 is 19.5 Å². The second-order valence-electron chi connectivity index (χ2n) is 7.63. The monoisotopic (exact) mass is 423 g/mol. The van der Waals surface area contributed by atoms with E-state index in [1.165, 1.54) is 4.90 Å². The smallest absolute Gasteiger partial charge is 0.295 e. The average molecular weight is 424 g/mol. The quantitative estimate of drug-likeness (QED) is 0.283. The SMILES string of the molecule is CCCCOc1cccc(/C(O)=C2\C(=O)C(=O)N(CCOC)C2c2ccc(C)cc2)c1. The van der Waals surface area contributed by atoms with Gasteiger partial charge in [-0.1, -0.05) is 55.3 Å². The standard InChI is InChI=1S/C25H29NO5/c1-4-5-14-31-20-8-6-7-19(16-20)23(27)21-22(18-11-9-17(2)10-12-18)26(13-15-30-3)25(29)24(21)28/h6-12,16,22,27H,4-5,13-15H2,1-3H3/b23-21+. The summed E-state index contributed by atoms with van der Waals surface area (Å²) >= 11 is 0. The summed E-state index contributed by atoms with van der Waals surface area (Å²) in [6, 6.07) is 13.9. The number of ether oxygens (including phenoxy) is 2. The van der Waals surface area contributed by atoms with Gasteiger partial charge in [0.2, 0.25) is 0 Å². The van der Waals surface area contributed by atoms with Crippen molar-refractivity contribution in [3.05, 3.63) is 70.8 Å². The molecule has 1 atom stereocenters. The molecule has 0 spiro atoms. The van der Waals surface area contributed by atoms with Crippen LogP contribution in [0.5, 0.6) is 5.75 Å². The molecular formula is C25H29NO5. The lowest BCUT2D eigenvalue weighted by molar-refractivity contribution is -0.140. The van der Waals surface area contributed by atoms with Gasteiger partial charge in [0, 0.05) is 19.2 Å². The highest BCUT2D eigenvalue weighted by Gasteiger charge is 2.45. The van der Waals surface area contributed by atoms with E-state index in [0.717, 1.165) is 24.0 Å². The number of aliphatic hydroxyl groups is 1. The largest absolute Gasteiger partial charge is 0.507 e. The van der Waals surface area contributed by atoms with Crippen LogP contribution in [0.2, 0.25) is 0 Å². The third-order valence-electron chi connectivity index (χ3n) is 5.34. The summed E-state index contributed by atoms with van der Waals surface area (Å²) in [5, 5.41) is 11.1. The first kappa shape index (κ1) is 22.6. The molecule has 1 fully saturated rings. The van der Waals surface area contributed by atoms with E-state index in [1.807, 2.05) is 31.2 Å². The summed E-state index contributed by atoms with van der Waals surface area (Å²) < 4.78 is 10.9. The Morgan fingerprint density at radius 3 is 2.52 bits per heavy atom. The highest BCUT2D eigenvalue weighted by molar-refractivity contribution is 6.46. The van der Waals surface area contributed by atoms with Gasteiger partial charge in [0.25, 0.3) is 11.7 Å². The Labute approximate surface area is 183 Å². The van der Waals surface area contributed by atoms with Gasteiger partial charge in [-0.05, 0) is 31.0 Å². The first-order chi connectivity index (χ1) is 15.0. The van der Waals surface area contributed by atoms with E-state index < -0.39 is 17.7 Å². The zero-order valence-electron chi connectivity index (χ0n) is 18.3.